The van der Waals surface area contributed by atoms with E-state index in [0.717, 1.165) is 25.0 Å². The summed E-state index contributed by atoms with van der Waals surface area (Å²) in [6, 6.07) is 6.58. The Labute approximate surface area is 128 Å². The highest BCUT2D eigenvalue weighted by atomic mass is 16.5. The summed E-state index contributed by atoms with van der Waals surface area (Å²) in [4.78, 5) is 0. The average Bonchev–Trinajstić information content (AvgIpc) is 2.97. The number of hydrogen-bond donors (Lipinski definition) is 1. The highest BCUT2D eigenvalue weighted by Gasteiger charge is 2.37. The van der Waals surface area contributed by atoms with Gasteiger partial charge in [0.25, 0.3) is 0 Å². The zero-order valence-corrected chi connectivity index (χ0v) is 13.8. The summed E-state index contributed by atoms with van der Waals surface area (Å²) in [5, 5.41) is 10.6. The number of benzene rings is 1. The van der Waals surface area contributed by atoms with Crippen molar-refractivity contribution >= 4 is 0 Å². The molecule has 0 spiro atoms. The number of ether oxygens (including phenoxy) is 1. The molecule has 2 unspecified atom stereocenters. The molecule has 2 aliphatic rings. The van der Waals surface area contributed by atoms with Crippen molar-refractivity contribution in [3.8, 4) is 0 Å². The van der Waals surface area contributed by atoms with Gasteiger partial charge in [-0.05, 0) is 53.2 Å². The summed E-state index contributed by atoms with van der Waals surface area (Å²) in [5.41, 5.74) is 4.30. The maximum absolute atomic E-state index is 10.6. The van der Waals surface area contributed by atoms with E-state index in [9.17, 15) is 5.11 Å². The van der Waals surface area contributed by atoms with E-state index in [1.54, 1.807) is 0 Å². The van der Waals surface area contributed by atoms with Crippen LogP contribution in [0.25, 0.3) is 0 Å². The van der Waals surface area contributed by atoms with Crippen molar-refractivity contribution in [3.63, 3.8) is 0 Å². The lowest BCUT2D eigenvalue weighted by Crippen LogP contribution is -2.34. The minimum absolute atomic E-state index is 0.0252. The van der Waals surface area contributed by atoms with Crippen LogP contribution in [0.2, 0.25) is 0 Å². The van der Waals surface area contributed by atoms with E-state index in [-0.39, 0.29) is 16.9 Å². The molecule has 0 saturated carbocycles. The second kappa shape index (κ2) is 5.10. The summed E-state index contributed by atoms with van der Waals surface area (Å²) in [5.74, 6) is 0. The molecule has 0 radical (unpaired) electrons. The predicted octanol–water partition coefficient (Wildman–Crippen LogP) is 4.25. The molecule has 1 fully saturated rings. The van der Waals surface area contributed by atoms with Crippen molar-refractivity contribution in [3.05, 3.63) is 34.9 Å². The first-order chi connectivity index (χ1) is 9.81. The van der Waals surface area contributed by atoms with Crippen molar-refractivity contribution in [1.29, 1.82) is 0 Å². The second-order valence-corrected chi connectivity index (χ2v) is 8.07. The third-order valence-electron chi connectivity index (χ3n) is 5.54. The molecule has 1 saturated heterocycles. The quantitative estimate of drug-likeness (QED) is 0.881. The second-order valence-electron chi connectivity index (χ2n) is 8.07. The first-order valence-electron chi connectivity index (χ1n) is 8.26. The van der Waals surface area contributed by atoms with Crippen LogP contribution in [0.1, 0.15) is 76.2 Å². The molecule has 0 aromatic heterocycles. The molecule has 1 aliphatic heterocycles. The minimum Gasteiger partial charge on any atom is -0.386 e. The summed E-state index contributed by atoms with van der Waals surface area (Å²) >= 11 is 0. The molecular formula is C19H28O2. The topological polar surface area (TPSA) is 29.5 Å². The Morgan fingerprint density at radius 2 is 1.76 bits per heavy atom. The molecule has 2 heteroatoms. The molecule has 1 heterocycles. The van der Waals surface area contributed by atoms with Gasteiger partial charge in [0, 0.05) is 6.61 Å². The van der Waals surface area contributed by atoms with Crippen LogP contribution >= 0.6 is 0 Å². The zero-order chi connectivity index (χ0) is 15.3. The highest BCUT2D eigenvalue weighted by molar-refractivity contribution is 5.44. The van der Waals surface area contributed by atoms with E-state index < -0.39 is 6.10 Å². The van der Waals surface area contributed by atoms with Crippen LogP contribution in [0.15, 0.2) is 18.2 Å². The third kappa shape index (κ3) is 2.64. The number of aliphatic hydroxyl groups excluding tert-OH is 1. The first kappa shape index (κ1) is 15.1. The van der Waals surface area contributed by atoms with Gasteiger partial charge >= 0.3 is 0 Å². The SMILES string of the molecule is CC1(C)CCC(C)(C)c2cc(C(O)C3CCCO3)ccc21. The summed E-state index contributed by atoms with van der Waals surface area (Å²) in [7, 11) is 0. The summed E-state index contributed by atoms with van der Waals surface area (Å²) in [6.45, 7) is 10.1. The van der Waals surface area contributed by atoms with Gasteiger partial charge in [0.15, 0.2) is 0 Å². The molecule has 2 atom stereocenters. The lowest BCUT2D eigenvalue weighted by molar-refractivity contribution is -0.00269. The van der Waals surface area contributed by atoms with Gasteiger partial charge in [-0.3, -0.25) is 0 Å². The van der Waals surface area contributed by atoms with Crippen LogP contribution in [-0.4, -0.2) is 17.8 Å². The fourth-order valence-electron chi connectivity index (χ4n) is 3.86. The van der Waals surface area contributed by atoms with Crippen LogP contribution < -0.4 is 0 Å². The monoisotopic (exact) mass is 288 g/mol. The molecule has 1 aromatic rings. The van der Waals surface area contributed by atoms with Gasteiger partial charge in [-0.1, -0.05) is 45.9 Å². The molecular weight excluding hydrogens is 260 g/mol. The maximum Gasteiger partial charge on any atom is 0.105 e. The Hall–Kier alpha value is -0.860. The fraction of sp³-hybridized carbons (Fsp3) is 0.684. The summed E-state index contributed by atoms with van der Waals surface area (Å²) in [6.07, 6.45) is 3.94. The number of hydrogen-bond acceptors (Lipinski definition) is 2. The molecule has 1 aliphatic carbocycles. The maximum atomic E-state index is 10.6. The van der Waals surface area contributed by atoms with Gasteiger partial charge in [0.1, 0.15) is 6.10 Å². The van der Waals surface area contributed by atoms with Crippen molar-refractivity contribution in [2.24, 2.45) is 0 Å². The van der Waals surface area contributed by atoms with Gasteiger partial charge in [-0.2, -0.15) is 0 Å². The van der Waals surface area contributed by atoms with E-state index in [1.807, 2.05) is 0 Å². The molecule has 2 nitrogen and oxygen atoms in total. The first-order valence-corrected chi connectivity index (χ1v) is 8.26. The number of aliphatic hydroxyl groups is 1. The van der Waals surface area contributed by atoms with Crippen LogP contribution in [0.4, 0.5) is 0 Å². The largest absolute Gasteiger partial charge is 0.386 e. The van der Waals surface area contributed by atoms with Crippen molar-refractivity contribution in [2.45, 2.75) is 76.4 Å². The summed E-state index contributed by atoms with van der Waals surface area (Å²) < 4.78 is 5.66. The van der Waals surface area contributed by atoms with Crippen LogP contribution in [0.3, 0.4) is 0 Å². The Bertz CT molecular complexity index is 524. The van der Waals surface area contributed by atoms with Gasteiger partial charge in [0.2, 0.25) is 0 Å². The fourth-order valence-corrected chi connectivity index (χ4v) is 3.86. The van der Waals surface area contributed by atoms with E-state index in [1.165, 1.54) is 24.0 Å². The molecule has 21 heavy (non-hydrogen) atoms. The van der Waals surface area contributed by atoms with Crippen LogP contribution in [-0.2, 0) is 15.6 Å². The van der Waals surface area contributed by atoms with Gasteiger partial charge < -0.3 is 9.84 Å². The van der Waals surface area contributed by atoms with Crippen molar-refractivity contribution in [2.75, 3.05) is 6.61 Å². The van der Waals surface area contributed by atoms with Crippen LogP contribution in [0.5, 0.6) is 0 Å². The van der Waals surface area contributed by atoms with Crippen LogP contribution in [0, 0.1) is 0 Å². The Kier molecular flexibility index (Phi) is 3.66. The number of fused-ring (bicyclic) bond motifs is 1. The van der Waals surface area contributed by atoms with Crippen molar-refractivity contribution < 1.29 is 9.84 Å². The van der Waals surface area contributed by atoms with Crippen molar-refractivity contribution in [1.82, 2.24) is 0 Å². The van der Waals surface area contributed by atoms with E-state index in [4.69, 9.17) is 4.74 Å². The van der Waals surface area contributed by atoms with E-state index >= 15 is 0 Å². The molecule has 1 aromatic carbocycles. The van der Waals surface area contributed by atoms with E-state index in [2.05, 4.69) is 45.9 Å². The Morgan fingerprint density at radius 1 is 1.10 bits per heavy atom. The molecule has 0 bridgehead atoms. The smallest absolute Gasteiger partial charge is 0.105 e. The Balaban J connectivity index is 1.99. The highest BCUT2D eigenvalue weighted by Crippen LogP contribution is 2.46. The predicted molar refractivity (Wildman–Crippen MR) is 85.7 cm³/mol. The zero-order valence-electron chi connectivity index (χ0n) is 13.8. The van der Waals surface area contributed by atoms with E-state index in [0.29, 0.717) is 0 Å². The third-order valence-corrected chi connectivity index (χ3v) is 5.54. The lowest BCUT2D eigenvalue weighted by atomic mass is 9.63. The Morgan fingerprint density at radius 3 is 2.38 bits per heavy atom. The molecule has 116 valence electrons. The average molecular weight is 288 g/mol. The molecule has 3 rings (SSSR count). The molecule has 1 N–H and O–H groups in total. The van der Waals surface area contributed by atoms with Gasteiger partial charge in [0.05, 0.1) is 6.10 Å². The molecule has 0 amide bonds. The normalized spacial score (nSPS) is 28.1. The van der Waals surface area contributed by atoms with Gasteiger partial charge in [-0.15, -0.1) is 0 Å². The number of rotatable bonds is 2. The minimum atomic E-state index is -0.487. The van der Waals surface area contributed by atoms with Gasteiger partial charge in [-0.25, -0.2) is 0 Å². The standard InChI is InChI=1S/C19H28O2/c1-18(2)9-10-19(3,4)15-12-13(7-8-14(15)18)17(20)16-6-5-11-21-16/h7-8,12,16-17,20H,5-6,9-11H2,1-4H3. The lowest BCUT2D eigenvalue weighted by Gasteiger charge is -2.42.